The van der Waals surface area contributed by atoms with Gasteiger partial charge in [-0.3, -0.25) is 0 Å². The van der Waals surface area contributed by atoms with Gasteiger partial charge in [0, 0.05) is 5.71 Å². The lowest BCUT2D eigenvalue weighted by Crippen LogP contribution is -2.22. The second-order valence-corrected chi connectivity index (χ2v) is 2.54. The molecular weight excluding hydrogens is 128 g/mol. The van der Waals surface area contributed by atoms with Crippen LogP contribution in [0.3, 0.4) is 0 Å². The number of guanidine groups is 1. The molecule has 0 spiro atoms. The lowest BCUT2D eigenvalue weighted by atomic mass is 10.3. The Morgan fingerprint density at radius 1 is 1.30 bits per heavy atom. The first-order chi connectivity index (χ1) is 4.70. The number of hydrogen-bond acceptors (Lipinski definition) is 2. The van der Waals surface area contributed by atoms with Crippen LogP contribution in [0.4, 0.5) is 0 Å². The van der Waals surface area contributed by atoms with Crippen molar-refractivity contribution in [3.8, 4) is 0 Å². The third kappa shape index (κ3) is 2.05. The van der Waals surface area contributed by atoms with Gasteiger partial charge in [-0.2, -0.15) is 5.10 Å². The van der Waals surface area contributed by atoms with Crippen molar-refractivity contribution < 1.29 is 0 Å². The maximum atomic E-state index is 5.08. The van der Waals surface area contributed by atoms with Gasteiger partial charge in [-0.25, -0.2) is 0 Å². The van der Waals surface area contributed by atoms with Crippen LogP contribution in [0, 0.1) is 5.92 Å². The average Bonchev–Trinajstić information content (AvgIpc) is 2.63. The van der Waals surface area contributed by atoms with Gasteiger partial charge < -0.3 is 11.5 Å². The van der Waals surface area contributed by atoms with Gasteiger partial charge in [-0.1, -0.05) is 0 Å². The second-order valence-electron chi connectivity index (χ2n) is 2.54. The van der Waals surface area contributed by atoms with Crippen LogP contribution in [0.25, 0.3) is 0 Å². The molecule has 0 saturated heterocycles. The Kier molecular flexibility index (Phi) is 1.89. The summed E-state index contributed by atoms with van der Waals surface area (Å²) < 4.78 is 0. The predicted molar refractivity (Wildman–Crippen MR) is 41.6 cm³/mol. The van der Waals surface area contributed by atoms with E-state index in [0.29, 0.717) is 5.92 Å². The Hall–Kier alpha value is -1.06. The SMILES string of the molecule is C/C(=N\N=C(N)N)C1CC1. The van der Waals surface area contributed by atoms with Gasteiger partial charge in [-0.15, -0.1) is 5.10 Å². The molecule has 0 aromatic heterocycles. The summed E-state index contributed by atoms with van der Waals surface area (Å²) in [6.45, 7) is 1.95. The summed E-state index contributed by atoms with van der Waals surface area (Å²) in [7, 11) is 0. The second kappa shape index (κ2) is 2.68. The van der Waals surface area contributed by atoms with E-state index in [9.17, 15) is 0 Å². The molecule has 0 aromatic rings. The Morgan fingerprint density at radius 2 is 1.90 bits per heavy atom. The highest BCUT2D eigenvalue weighted by molar-refractivity contribution is 5.87. The van der Waals surface area contributed by atoms with E-state index in [2.05, 4.69) is 10.2 Å². The van der Waals surface area contributed by atoms with Gasteiger partial charge in [0.15, 0.2) is 0 Å². The molecular formula is C6H12N4. The lowest BCUT2D eigenvalue weighted by molar-refractivity contribution is 1.10. The van der Waals surface area contributed by atoms with Crippen molar-refractivity contribution in [1.82, 2.24) is 0 Å². The lowest BCUT2D eigenvalue weighted by Gasteiger charge is -1.90. The first kappa shape index (κ1) is 7.05. The van der Waals surface area contributed by atoms with Crippen molar-refractivity contribution in [1.29, 1.82) is 0 Å². The van der Waals surface area contributed by atoms with Crippen molar-refractivity contribution in [2.24, 2.45) is 27.6 Å². The summed E-state index contributed by atoms with van der Waals surface area (Å²) in [5, 5.41) is 7.39. The Balaban J connectivity index is 2.44. The number of nitrogens with two attached hydrogens (primary N) is 2. The van der Waals surface area contributed by atoms with Gasteiger partial charge >= 0.3 is 0 Å². The van der Waals surface area contributed by atoms with Crippen molar-refractivity contribution in [3.05, 3.63) is 0 Å². The van der Waals surface area contributed by atoms with E-state index in [1.807, 2.05) is 6.92 Å². The van der Waals surface area contributed by atoms with Crippen LogP contribution in [0.15, 0.2) is 10.2 Å². The molecule has 0 radical (unpaired) electrons. The highest BCUT2D eigenvalue weighted by Crippen LogP contribution is 2.30. The van der Waals surface area contributed by atoms with Crippen LogP contribution in [0.1, 0.15) is 19.8 Å². The number of hydrogen-bond donors (Lipinski definition) is 2. The van der Waals surface area contributed by atoms with Crippen molar-refractivity contribution >= 4 is 11.7 Å². The highest BCUT2D eigenvalue weighted by Gasteiger charge is 2.24. The minimum Gasteiger partial charge on any atom is -0.369 e. The maximum absolute atomic E-state index is 5.08. The molecule has 1 saturated carbocycles. The highest BCUT2D eigenvalue weighted by atomic mass is 15.3. The Bertz CT molecular complexity index is 174. The molecule has 0 aliphatic heterocycles. The molecule has 4 heteroatoms. The standard InChI is InChI=1S/C6H12N4/c1-4(5-2-3-5)9-10-6(7)8/h5H,2-3H2,1H3,(H4,7,8,10)/b9-4+. The summed E-state index contributed by atoms with van der Waals surface area (Å²) in [5.74, 6) is 0.670. The van der Waals surface area contributed by atoms with Gasteiger partial charge in [-0.05, 0) is 25.7 Å². The first-order valence-electron chi connectivity index (χ1n) is 3.33. The average molecular weight is 140 g/mol. The van der Waals surface area contributed by atoms with E-state index < -0.39 is 0 Å². The topological polar surface area (TPSA) is 76.8 Å². The van der Waals surface area contributed by atoms with E-state index in [1.165, 1.54) is 12.8 Å². The van der Waals surface area contributed by atoms with E-state index in [-0.39, 0.29) is 5.96 Å². The van der Waals surface area contributed by atoms with E-state index in [4.69, 9.17) is 11.5 Å². The van der Waals surface area contributed by atoms with Crippen molar-refractivity contribution in [2.75, 3.05) is 0 Å². The molecule has 0 atom stereocenters. The Morgan fingerprint density at radius 3 is 2.30 bits per heavy atom. The van der Waals surface area contributed by atoms with Crippen LogP contribution < -0.4 is 11.5 Å². The molecule has 4 nitrogen and oxygen atoms in total. The predicted octanol–water partition coefficient (Wildman–Crippen LogP) is 0.0457. The molecule has 1 aliphatic carbocycles. The zero-order valence-corrected chi connectivity index (χ0v) is 6.04. The molecule has 0 heterocycles. The van der Waals surface area contributed by atoms with Crippen LogP contribution in [-0.2, 0) is 0 Å². The molecule has 56 valence electrons. The third-order valence-corrected chi connectivity index (χ3v) is 1.49. The minimum atomic E-state index is 0.0278. The van der Waals surface area contributed by atoms with E-state index in [0.717, 1.165) is 5.71 Å². The summed E-state index contributed by atoms with van der Waals surface area (Å²) >= 11 is 0. The van der Waals surface area contributed by atoms with Crippen molar-refractivity contribution in [2.45, 2.75) is 19.8 Å². The number of rotatable bonds is 2. The van der Waals surface area contributed by atoms with Crippen molar-refractivity contribution in [3.63, 3.8) is 0 Å². The van der Waals surface area contributed by atoms with Gasteiger partial charge in [0.25, 0.3) is 0 Å². The van der Waals surface area contributed by atoms with Crippen LogP contribution >= 0.6 is 0 Å². The monoisotopic (exact) mass is 140 g/mol. The largest absolute Gasteiger partial charge is 0.369 e. The fraction of sp³-hybridized carbons (Fsp3) is 0.667. The summed E-state index contributed by atoms with van der Waals surface area (Å²) in [5.41, 5.74) is 11.2. The maximum Gasteiger partial charge on any atom is 0.211 e. The third-order valence-electron chi connectivity index (χ3n) is 1.49. The summed E-state index contributed by atoms with van der Waals surface area (Å²) in [4.78, 5) is 0. The zero-order chi connectivity index (χ0) is 7.56. The summed E-state index contributed by atoms with van der Waals surface area (Å²) in [6.07, 6.45) is 2.46. The zero-order valence-electron chi connectivity index (χ0n) is 6.04. The molecule has 1 fully saturated rings. The fourth-order valence-corrected chi connectivity index (χ4v) is 0.719. The van der Waals surface area contributed by atoms with E-state index >= 15 is 0 Å². The van der Waals surface area contributed by atoms with Gasteiger partial charge in [0.1, 0.15) is 0 Å². The molecule has 0 unspecified atom stereocenters. The van der Waals surface area contributed by atoms with Gasteiger partial charge in [0.2, 0.25) is 5.96 Å². The van der Waals surface area contributed by atoms with Crippen LogP contribution in [0.2, 0.25) is 0 Å². The van der Waals surface area contributed by atoms with Crippen LogP contribution in [-0.4, -0.2) is 11.7 Å². The summed E-state index contributed by atoms with van der Waals surface area (Å²) in [6, 6.07) is 0. The van der Waals surface area contributed by atoms with Crippen LogP contribution in [0.5, 0.6) is 0 Å². The molecule has 1 aliphatic rings. The van der Waals surface area contributed by atoms with E-state index in [1.54, 1.807) is 0 Å². The minimum absolute atomic E-state index is 0.0278. The first-order valence-corrected chi connectivity index (χ1v) is 3.33. The smallest absolute Gasteiger partial charge is 0.211 e. The molecule has 10 heavy (non-hydrogen) atoms. The molecule has 0 amide bonds. The Labute approximate surface area is 60.0 Å². The molecule has 1 rings (SSSR count). The normalized spacial score (nSPS) is 18.7. The molecule has 0 aromatic carbocycles. The molecule has 4 N–H and O–H groups in total. The van der Waals surface area contributed by atoms with Gasteiger partial charge in [0.05, 0.1) is 0 Å². The fourth-order valence-electron chi connectivity index (χ4n) is 0.719. The quantitative estimate of drug-likeness (QED) is 0.323. The number of nitrogens with zero attached hydrogens (tertiary/aromatic N) is 2. The molecule has 0 bridgehead atoms.